The third-order valence-electron chi connectivity index (χ3n) is 6.51. The van der Waals surface area contributed by atoms with E-state index >= 15 is 0 Å². The minimum Gasteiger partial charge on any atom is -0.344 e. The van der Waals surface area contributed by atoms with E-state index in [9.17, 15) is 13.6 Å². The fourth-order valence-electron chi connectivity index (χ4n) is 4.79. The van der Waals surface area contributed by atoms with Crippen LogP contribution < -0.4 is 5.01 Å². The molecule has 8 heteroatoms. The number of hydrazone groups is 1. The minimum atomic E-state index is -0.288. The van der Waals surface area contributed by atoms with Gasteiger partial charge in [-0.3, -0.25) is 4.79 Å². The Morgan fingerprint density at radius 1 is 1.09 bits per heavy atom. The molecule has 35 heavy (non-hydrogen) atoms. The van der Waals surface area contributed by atoms with Crippen LogP contribution in [0.4, 0.5) is 13.9 Å². The Balaban J connectivity index is 1.59. The molecule has 3 aromatic rings. The van der Waals surface area contributed by atoms with Crippen molar-refractivity contribution in [3.8, 4) is 0 Å². The molecule has 2 heterocycles. The molecule has 0 N–H and O–H groups in total. The standard InChI is InChI=1S/C27H26F2N4OS/c1-16-25(26(34)32(2)3)35-27(30-16)33-24(18-9-13-21(29)14-10-18)22-6-4-5-19(23(22)31-33)15-17-7-11-20(28)12-8-17/h7-15,22,24H,4-6H2,1-3H3/b19-15+. The number of amides is 1. The van der Waals surface area contributed by atoms with Crippen LogP contribution in [0.2, 0.25) is 0 Å². The smallest absolute Gasteiger partial charge is 0.265 e. The van der Waals surface area contributed by atoms with Gasteiger partial charge in [0.2, 0.25) is 5.13 Å². The number of anilines is 1. The van der Waals surface area contributed by atoms with Crippen molar-refractivity contribution in [2.24, 2.45) is 11.0 Å². The van der Waals surface area contributed by atoms with Gasteiger partial charge in [0.25, 0.3) is 5.91 Å². The predicted octanol–water partition coefficient (Wildman–Crippen LogP) is 6.23. The number of fused-ring (bicyclic) bond motifs is 1. The van der Waals surface area contributed by atoms with E-state index in [2.05, 4.69) is 6.08 Å². The van der Waals surface area contributed by atoms with Crippen LogP contribution in [-0.2, 0) is 0 Å². The molecule has 5 nitrogen and oxygen atoms in total. The highest BCUT2D eigenvalue weighted by Gasteiger charge is 2.43. The molecule has 0 saturated heterocycles. The summed E-state index contributed by atoms with van der Waals surface area (Å²) in [5.41, 5.74) is 4.62. The number of rotatable bonds is 4. The lowest BCUT2D eigenvalue weighted by molar-refractivity contribution is 0.0831. The van der Waals surface area contributed by atoms with E-state index < -0.39 is 0 Å². The molecule has 2 aliphatic rings. The highest BCUT2D eigenvalue weighted by Crippen LogP contribution is 2.47. The number of halogens is 2. The number of hydrogen-bond acceptors (Lipinski definition) is 5. The first-order chi connectivity index (χ1) is 16.8. The molecule has 0 spiro atoms. The highest BCUT2D eigenvalue weighted by molar-refractivity contribution is 7.17. The van der Waals surface area contributed by atoms with Crippen LogP contribution in [0.15, 0.2) is 59.2 Å². The molecule has 180 valence electrons. The van der Waals surface area contributed by atoms with Crippen molar-refractivity contribution in [2.75, 3.05) is 19.1 Å². The lowest BCUT2D eigenvalue weighted by atomic mass is 9.77. The molecule has 1 aliphatic heterocycles. The van der Waals surface area contributed by atoms with Crippen LogP contribution in [-0.4, -0.2) is 35.6 Å². The lowest BCUT2D eigenvalue weighted by Crippen LogP contribution is -2.28. The number of aryl methyl sites for hydroxylation is 1. The van der Waals surface area contributed by atoms with Gasteiger partial charge in [-0.1, -0.05) is 35.6 Å². The second-order valence-corrected chi connectivity index (χ2v) is 10.1. The third kappa shape index (κ3) is 4.50. The van der Waals surface area contributed by atoms with Crippen LogP contribution in [0.5, 0.6) is 0 Å². The number of nitrogens with zero attached hydrogens (tertiary/aromatic N) is 4. The molecule has 2 unspecified atom stereocenters. The molecule has 0 bridgehead atoms. The second-order valence-electron chi connectivity index (χ2n) is 9.16. The predicted molar refractivity (Wildman–Crippen MR) is 136 cm³/mol. The van der Waals surface area contributed by atoms with Crippen LogP contribution in [0.25, 0.3) is 6.08 Å². The first-order valence-corrected chi connectivity index (χ1v) is 12.4. The Hall–Kier alpha value is -3.39. The molecule has 1 saturated carbocycles. The summed E-state index contributed by atoms with van der Waals surface area (Å²) in [6.07, 6.45) is 4.87. The van der Waals surface area contributed by atoms with Gasteiger partial charge in [0.1, 0.15) is 16.5 Å². The number of carbonyl (C=O) groups is 1. The Morgan fingerprint density at radius 3 is 2.40 bits per heavy atom. The average molecular weight is 493 g/mol. The highest BCUT2D eigenvalue weighted by atomic mass is 32.1. The first-order valence-electron chi connectivity index (χ1n) is 11.6. The van der Waals surface area contributed by atoms with Crippen LogP contribution in [0.3, 0.4) is 0 Å². The Labute approximate surface area is 207 Å². The lowest BCUT2D eigenvalue weighted by Gasteiger charge is -2.29. The van der Waals surface area contributed by atoms with Gasteiger partial charge in [-0.05, 0) is 73.2 Å². The number of aromatic nitrogens is 1. The van der Waals surface area contributed by atoms with E-state index in [1.807, 2.05) is 11.9 Å². The fourth-order valence-corrected chi connectivity index (χ4v) is 5.87. The number of thiazole rings is 1. The van der Waals surface area contributed by atoms with Crippen LogP contribution in [0.1, 0.15) is 51.8 Å². The molecule has 2 aromatic carbocycles. The maximum Gasteiger partial charge on any atom is 0.265 e. The van der Waals surface area contributed by atoms with Crippen LogP contribution >= 0.6 is 11.3 Å². The summed E-state index contributed by atoms with van der Waals surface area (Å²) in [6, 6.07) is 12.8. The van der Waals surface area contributed by atoms with Gasteiger partial charge in [-0.25, -0.2) is 18.8 Å². The summed E-state index contributed by atoms with van der Waals surface area (Å²) in [4.78, 5) is 19.5. The van der Waals surface area contributed by atoms with Gasteiger partial charge < -0.3 is 4.90 Å². The summed E-state index contributed by atoms with van der Waals surface area (Å²) >= 11 is 1.33. The number of benzene rings is 2. The van der Waals surface area contributed by atoms with Gasteiger partial charge in [-0.2, -0.15) is 5.10 Å². The van der Waals surface area contributed by atoms with E-state index in [1.165, 1.54) is 35.6 Å². The van der Waals surface area contributed by atoms with Crippen molar-refractivity contribution in [1.29, 1.82) is 0 Å². The molecule has 1 amide bonds. The van der Waals surface area contributed by atoms with Crippen molar-refractivity contribution in [3.63, 3.8) is 0 Å². The molecule has 5 rings (SSSR count). The summed E-state index contributed by atoms with van der Waals surface area (Å²) in [7, 11) is 3.44. The zero-order valence-corrected chi connectivity index (χ0v) is 20.6. The monoisotopic (exact) mass is 492 g/mol. The SMILES string of the molecule is Cc1nc(N2N=C3/C(=C/c4ccc(F)cc4)CCCC3C2c2ccc(F)cc2)sc1C(=O)N(C)C. The van der Waals surface area contributed by atoms with Crippen molar-refractivity contribution in [3.05, 3.63) is 87.4 Å². The van der Waals surface area contributed by atoms with Gasteiger partial charge in [-0.15, -0.1) is 0 Å². The van der Waals surface area contributed by atoms with Gasteiger partial charge >= 0.3 is 0 Å². The first kappa shape index (κ1) is 23.4. The zero-order valence-electron chi connectivity index (χ0n) is 19.8. The second kappa shape index (κ2) is 9.34. The number of hydrogen-bond donors (Lipinski definition) is 0. The molecule has 1 aliphatic carbocycles. The van der Waals surface area contributed by atoms with E-state index in [4.69, 9.17) is 10.1 Å². The van der Waals surface area contributed by atoms with Crippen molar-refractivity contribution < 1.29 is 13.6 Å². The van der Waals surface area contributed by atoms with E-state index in [-0.39, 0.29) is 29.5 Å². The quantitative estimate of drug-likeness (QED) is 0.434. The molecular weight excluding hydrogens is 466 g/mol. The molecule has 2 atom stereocenters. The van der Waals surface area contributed by atoms with E-state index in [0.29, 0.717) is 15.7 Å². The van der Waals surface area contributed by atoms with Gasteiger partial charge in [0, 0.05) is 20.0 Å². The van der Waals surface area contributed by atoms with E-state index in [0.717, 1.165) is 41.7 Å². The zero-order chi connectivity index (χ0) is 24.7. The Bertz CT molecular complexity index is 1310. The molecule has 0 radical (unpaired) electrons. The molecule has 1 aromatic heterocycles. The van der Waals surface area contributed by atoms with Crippen LogP contribution in [0, 0.1) is 24.5 Å². The fraction of sp³-hybridized carbons (Fsp3) is 0.296. The maximum absolute atomic E-state index is 13.7. The summed E-state index contributed by atoms with van der Waals surface area (Å²) in [5, 5.41) is 7.60. The molecular formula is C27H26F2N4OS. The maximum atomic E-state index is 13.7. The third-order valence-corrected chi connectivity index (χ3v) is 7.64. The topological polar surface area (TPSA) is 48.8 Å². The number of allylic oxidation sites excluding steroid dienone is 1. The number of carbonyl (C=O) groups excluding carboxylic acids is 1. The van der Waals surface area contributed by atoms with Crippen molar-refractivity contribution in [2.45, 2.75) is 32.2 Å². The normalized spacial score (nSPS) is 20.7. The summed E-state index contributed by atoms with van der Waals surface area (Å²) in [5.74, 6) is -0.551. The van der Waals surface area contributed by atoms with Gasteiger partial charge in [0.15, 0.2) is 0 Å². The van der Waals surface area contributed by atoms with E-state index in [1.54, 1.807) is 43.3 Å². The largest absolute Gasteiger partial charge is 0.344 e. The Morgan fingerprint density at radius 2 is 1.74 bits per heavy atom. The summed E-state index contributed by atoms with van der Waals surface area (Å²) < 4.78 is 27.2. The minimum absolute atomic E-state index is 0.0919. The summed E-state index contributed by atoms with van der Waals surface area (Å²) in [6.45, 7) is 1.83. The van der Waals surface area contributed by atoms with Crippen molar-refractivity contribution >= 4 is 34.2 Å². The Kier molecular flexibility index (Phi) is 6.23. The molecule has 1 fully saturated rings. The van der Waals surface area contributed by atoms with Gasteiger partial charge in [0.05, 0.1) is 17.4 Å². The van der Waals surface area contributed by atoms with Crippen molar-refractivity contribution in [1.82, 2.24) is 9.88 Å². The average Bonchev–Trinajstić information content (AvgIpc) is 3.42.